The van der Waals surface area contributed by atoms with Crippen LogP contribution in [0.2, 0.25) is 0 Å². The van der Waals surface area contributed by atoms with Crippen molar-refractivity contribution in [2.24, 2.45) is 5.73 Å². The molecule has 1 aliphatic carbocycles. The third-order valence-corrected chi connectivity index (χ3v) is 4.04. The molecule has 0 aromatic heterocycles. The molecule has 1 aliphatic heterocycles. The van der Waals surface area contributed by atoms with E-state index in [4.69, 9.17) is 5.73 Å². The highest BCUT2D eigenvalue weighted by atomic mass is 35.5. The molecule has 2 rings (SSSR count). The first-order valence-electron chi connectivity index (χ1n) is 6.99. The summed E-state index contributed by atoms with van der Waals surface area (Å²) in [7, 11) is 0. The lowest BCUT2D eigenvalue weighted by Gasteiger charge is -2.33. The van der Waals surface area contributed by atoms with Gasteiger partial charge in [0.1, 0.15) is 6.04 Å². The normalized spacial score (nSPS) is 26.6. The molecule has 0 radical (unpaired) electrons. The van der Waals surface area contributed by atoms with Crippen molar-refractivity contribution in [3.63, 3.8) is 0 Å². The Morgan fingerprint density at radius 2 is 1.89 bits per heavy atom. The molecule has 4 N–H and O–H groups in total. The maximum atomic E-state index is 12.2. The lowest BCUT2D eigenvalue weighted by atomic mass is 9.81. The SMILES string of the molecule is Cl.NC1(C(=O)NC2CCCCNC2=O)CCCCC1. The Morgan fingerprint density at radius 1 is 1.21 bits per heavy atom. The van der Waals surface area contributed by atoms with E-state index in [-0.39, 0.29) is 24.2 Å². The number of nitrogens with two attached hydrogens (primary N) is 1. The molecule has 0 aromatic rings. The zero-order valence-corrected chi connectivity index (χ0v) is 12.1. The van der Waals surface area contributed by atoms with Crippen LogP contribution >= 0.6 is 12.4 Å². The van der Waals surface area contributed by atoms with Gasteiger partial charge in [-0.15, -0.1) is 12.4 Å². The summed E-state index contributed by atoms with van der Waals surface area (Å²) in [6.07, 6.45) is 7.26. The van der Waals surface area contributed by atoms with E-state index in [1.54, 1.807) is 0 Å². The number of rotatable bonds is 2. The molecule has 2 aliphatic rings. The minimum atomic E-state index is -0.759. The van der Waals surface area contributed by atoms with Crippen molar-refractivity contribution in [2.75, 3.05) is 6.54 Å². The van der Waals surface area contributed by atoms with Gasteiger partial charge in [-0.25, -0.2) is 0 Å². The highest BCUT2D eigenvalue weighted by molar-refractivity contribution is 5.92. The topological polar surface area (TPSA) is 84.2 Å². The molecule has 6 heteroatoms. The van der Waals surface area contributed by atoms with Gasteiger partial charge < -0.3 is 16.4 Å². The van der Waals surface area contributed by atoms with Crippen LogP contribution in [-0.4, -0.2) is 29.9 Å². The molecule has 0 spiro atoms. The maximum Gasteiger partial charge on any atom is 0.242 e. The first kappa shape index (κ1) is 16.2. The molecule has 0 aromatic carbocycles. The summed E-state index contributed by atoms with van der Waals surface area (Å²) in [5.74, 6) is -0.218. The molecule has 1 heterocycles. The summed E-state index contributed by atoms with van der Waals surface area (Å²) in [5.41, 5.74) is 5.40. The molecular weight excluding hydrogens is 266 g/mol. The minimum absolute atomic E-state index is 0. The average Bonchev–Trinajstić information content (AvgIpc) is 2.56. The fraction of sp³-hybridized carbons (Fsp3) is 0.846. The third kappa shape index (κ3) is 4.08. The Labute approximate surface area is 120 Å². The van der Waals surface area contributed by atoms with E-state index in [0.29, 0.717) is 13.0 Å². The molecule has 2 amide bonds. The average molecular weight is 290 g/mol. The second-order valence-corrected chi connectivity index (χ2v) is 5.53. The molecular formula is C13H24ClN3O2. The Morgan fingerprint density at radius 3 is 2.58 bits per heavy atom. The summed E-state index contributed by atoms with van der Waals surface area (Å²) in [4.78, 5) is 24.0. The first-order chi connectivity index (χ1) is 8.62. The number of carbonyl (C=O) groups is 2. The highest BCUT2D eigenvalue weighted by Gasteiger charge is 2.37. The predicted molar refractivity (Wildman–Crippen MR) is 76.0 cm³/mol. The van der Waals surface area contributed by atoms with Crippen molar-refractivity contribution in [3.8, 4) is 0 Å². The lowest BCUT2D eigenvalue weighted by molar-refractivity contribution is -0.132. The largest absolute Gasteiger partial charge is 0.354 e. The molecule has 2 fully saturated rings. The van der Waals surface area contributed by atoms with Gasteiger partial charge in [0.15, 0.2) is 0 Å². The predicted octanol–water partition coefficient (Wildman–Crippen LogP) is 0.855. The summed E-state index contributed by atoms with van der Waals surface area (Å²) in [5, 5.41) is 5.66. The second kappa shape index (κ2) is 7.10. The monoisotopic (exact) mass is 289 g/mol. The maximum absolute atomic E-state index is 12.2. The van der Waals surface area contributed by atoms with Gasteiger partial charge in [0.25, 0.3) is 0 Å². The summed E-state index contributed by atoms with van der Waals surface area (Å²) >= 11 is 0. The summed E-state index contributed by atoms with van der Waals surface area (Å²) in [6.45, 7) is 0.707. The zero-order chi connectivity index (χ0) is 13.0. The minimum Gasteiger partial charge on any atom is -0.354 e. The van der Waals surface area contributed by atoms with Crippen LogP contribution in [0.5, 0.6) is 0 Å². The zero-order valence-electron chi connectivity index (χ0n) is 11.2. The molecule has 0 bridgehead atoms. The van der Waals surface area contributed by atoms with Crippen molar-refractivity contribution in [1.82, 2.24) is 10.6 Å². The Hall–Kier alpha value is -0.810. The van der Waals surface area contributed by atoms with E-state index in [0.717, 1.165) is 44.9 Å². The van der Waals surface area contributed by atoms with Crippen LogP contribution in [0.3, 0.4) is 0 Å². The number of hydrogen-bond donors (Lipinski definition) is 3. The van der Waals surface area contributed by atoms with Crippen molar-refractivity contribution in [2.45, 2.75) is 62.9 Å². The molecule has 1 saturated carbocycles. The van der Waals surface area contributed by atoms with Gasteiger partial charge in [-0.2, -0.15) is 0 Å². The number of halogens is 1. The van der Waals surface area contributed by atoms with Crippen LogP contribution in [0, 0.1) is 0 Å². The second-order valence-electron chi connectivity index (χ2n) is 5.53. The summed E-state index contributed by atoms with van der Waals surface area (Å²) < 4.78 is 0. The van der Waals surface area contributed by atoms with Gasteiger partial charge in [-0.05, 0) is 32.1 Å². The molecule has 1 unspecified atom stereocenters. The van der Waals surface area contributed by atoms with Gasteiger partial charge in [0, 0.05) is 6.54 Å². The van der Waals surface area contributed by atoms with Gasteiger partial charge >= 0.3 is 0 Å². The molecule has 5 nitrogen and oxygen atoms in total. The summed E-state index contributed by atoms with van der Waals surface area (Å²) in [6, 6.07) is -0.401. The third-order valence-electron chi connectivity index (χ3n) is 4.04. The van der Waals surface area contributed by atoms with E-state index in [2.05, 4.69) is 10.6 Å². The number of hydrogen-bond acceptors (Lipinski definition) is 3. The molecule has 110 valence electrons. The van der Waals surface area contributed by atoms with Crippen molar-refractivity contribution in [3.05, 3.63) is 0 Å². The van der Waals surface area contributed by atoms with Crippen molar-refractivity contribution < 1.29 is 9.59 Å². The van der Waals surface area contributed by atoms with E-state index in [1.807, 2.05) is 0 Å². The molecule has 19 heavy (non-hydrogen) atoms. The van der Waals surface area contributed by atoms with Gasteiger partial charge in [0.2, 0.25) is 11.8 Å². The van der Waals surface area contributed by atoms with Crippen molar-refractivity contribution in [1.29, 1.82) is 0 Å². The number of amides is 2. The van der Waals surface area contributed by atoms with E-state index in [9.17, 15) is 9.59 Å². The van der Waals surface area contributed by atoms with Gasteiger partial charge in [-0.1, -0.05) is 19.3 Å². The number of nitrogens with one attached hydrogen (secondary N) is 2. The van der Waals surface area contributed by atoms with Gasteiger partial charge in [0.05, 0.1) is 5.54 Å². The molecule has 1 saturated heterocycles. The Bertz CT molecular complexity index is 330. The fourth-order valence-corrected chi connectivity index (χ4v) is 2.79. The van der Waals surface area contributed by atoms with Crippen LogP contribution < -0.4 is 16.4 Å². The van der Waals surface area contributed by atoms with Crippen LogP contribution in [0.4, 0.5) is 0 Å². The Balaban J connectivity index is 0.00000180. The highest BCUT2D eigenvalue weighted by Crippen LogP contribution is 2.26. The Kier molecular flexibility index (Phi) is 6.07. The number of carbonyl (C=O) groups excluding carboxylic acids is 2. The van der Waals surface area contributed by atoms with Crippen LogP contribution in [0.25, 0.3) is 0 Å². The van der Waals surface area contributed by atoms with E-state index < -0.39 is 11.6 Å². The standard InChI is InChI=1S/C13H23N3O2.ClH/c14-13(7-3-1-4-8-13)12(18)16-10-6-2-5-9-15-11(10)17;/h10H,1-9,14H2,(H,15,17)(H,16,18);1H. The fourth-order valence-electron chi connectivity index (χ4n) is 2.79. The van der Waals surface area contributed by atoms with E-state index >= 15 is 0 Å². The van der Waals surface area contributed by atoms with Gasteiger partial charge in [-0.3, -0.25) is 9.59 Å². The van der Waals surface area contributed by atoms with Crippen molar-refractivity contribution >= 4 is 24.2 Å². The first-order valence-corrected chi connectivity index (χ1v) is 6.99. The quantitative estimate of drug-likeness (QED) is 0.705. The van der Waals surface area contributed by atoms with Crippen LogP contribution in [0.15, 0.2) is 0 Å². The lowest BCUT2D eigenvalue weighted by Crippen LogP contribution is -2.59. The van der Waals surface area contributed by atoms with Crippen LogP contribution in [-0.2, 0) is 9.59 Å². The van der Waals surface area contributed by atoms with E-state index in [1.165, 1.54) is 0 Å². The smallest absolute Gasteiger partial charge is 0.242 e. The van der Waals surface area contributed by atoms with Crippen LogP contribution in [0.1, 0.15) is 51.4 Å². The molecule has 1 atom stereocenters.